The number of aromatic nitrogens is 2. The summed E-state index contributed by atoms with van der Waals surface area (Å²) in [5.41, 5.74) is 3.58. The first-order valence-corrected chi connectivity index (χ1v) is 8.69. The van der Waals surface area contributed by atoms with E-state index in [4.69, 9.17) is 0 Å². The molecule has 0 aliphatic carbocycles. The Labute approximate surface area is 148 Å². The summed E-state index contributed by atoms with van der Waals surface area (Å²) < 4.78 is 31.4. The first-order chi connectivity index (χ1) is 12.1. The molecule has 1 aliphatic rings. The van der Waals surface area contributed by atoms with E-state index in [2.05, 4.69) is 20.3 Å². The van der Waals surface area contributed by atoms with Crippen molar-refractivity contribution in [2.45, 2.75) is 6.54 Å². The SMILES string of the molecule is CN1CCN(c2cc(F)cc(F)c2)c2ccc(-c3ncns3)cc2C1. The second-order valence-electron chi connectivity index (χ2n) is 6.11. The summed E-state index contributed by atoms with van der Waals surface area (Å²) in [5, 5.41) is 0.859. The Hall–Kier alpha value is -2.38. The zero-order chi connectivity index (χ0) is 17.4. The van der Waals surface area contributed by atoms with E-state index in [0.717, 1.165) is 41.0 Å². The zero-order valence-corrected chi connectivity index (χ0v) is 14.4. The highest BCUT2D eigenvalue weighted by Gasteiger charge is 2.21. The second-order valence-corrected chi connectivity index (χ2v) is 6.89. The van der Waals surface area contributed by atoms with Crippen LogP contribution in [0.25, 0.3) is 10.6 Å². The molecule has 0 fully saturated rings. The van der Waals surface area contributed by atoms with E-state index in [-0.39, 0.29) is 0 Å². The van der Waals surface area contributed by atoms with Gasteiger partial charge in [-0.3, -0.25) is 0 Å². The maximum absolute atomic E-state index is 13.7. The molecule has 2 aromatic carbocycles. The third-order valence-electron chi connectivity index (χ3n) is 4.28. The van der Waals surface area contributed by atoms with Crippen molar-refractivity contribution in [1.82, 2.24) is 14.3 Å². The van der Waals surface area contributed by atoms with Gasteiger partial charge in [0, 0.05) is 42.6 Å². The number of anilines is 2. The van der Waals surface area contributed by atoms with Gasteiger partial charge in [0.1, 0.15) is 23.0 Å². The molecule has 7 heteroatoms. The van der Waals surface area contributed by atoms with E-state index in [1.165, 1.54) is 23.7 Å². The van der Waals surface area contributed by atoms with Crippen molar-refractivity contribution in [2.24, 2.45) is 0 Å². The molecule has 3 aromatic rings. The summed E-state index contributed by atoms with van der Waals surface area (Å²) in [4.78, 5) is 8.42. The van der Waals surface area contributed by atoms with E-state index in [1.807, 2.05) is 24.1 Å². The average Bonchev–Trinajstić information content (AvgIpc) is 3.04. The summed E-state index contributed by atoms with van der Waals surface area (Å²) >= 11 is 1.35. The number of halogens is 2. The Balaban J connectivity index is 1.81. The van der Waals surface area contributed by atoms with E-state index >= 15 is 0 Å². The Morgan fingerprint density at radius 3 is 2.56 bits per heavy atom. The highest BCUT2D eigenvalue weighted by molar-refractivity contribution is 7.09. The van der Waals surface area contributed by atoms with Gasteiger partial charge in [-0.1, -0.05) is 0 Å². The molecule has 0 atom stereocenters. The van der Waals surface area contributed by atoms with Gasteiger partial charge < -0.3 is 9.80 Å². The third-order valence-corrected chi connectivity index (χ3v) is 5.00. The molecule has 1 aliphatic heterocycles. The molecule has 0 saturated heterocycles. The van der Waals surface area contributed by atoms with Crippen LogP contribution in [0.3, 0.4) is 0 Å². The molecule has 0 N–H and O–H groups in total. The lowest BCUT2D eigenvalue weighted by Gasteiger charge is -2.25. The fourth-order valence-electron chi connectivity index (χ4n) is 3.13. The van der Waals surface area contributed by atoms with E-state index in [1.54, 1.807) is 6.33 Å². The molecule has 128 valence electrons. The van der Waals surface area contributed by atoms with Crippen LogP contribution < -0.4 is 4.90 Å². The molecule has 0 spiro atoms. The number of nitrogens with zero attached hydrogens (tertiary/aromatic N) is 4. The molecule has 1 aromatic heterocycles. The number of likely N-dealkylation sites (N-methyl/N-ethyl adjacent to an activating group) is 1. The average molecular weight is 358 g/mol. The summed E-state index contributed by atoms with van der Waals surface area (Å²) in [5.74, 6) is -1.14. The number of fused-ring (bicyclic) bond motifs is 1. The lowest BCUT2D eigenvalue weighted by Crippen LogP contribution is -2.26. The summed E-state index contributed by atoms with van der Waals surface area (Å²) in [6.45, 7) is 2.21. The predicted octanol–water partition coefficient (Wildman–Crippen LogP) is 4.07. The van der Waals surface area contributed by atoms with Crippen molar-refractivity contribution in [3.8, 4) is 10.6 Å². The fourth-order valence-corrected chi connectivity index (χ4v) is 3.65. The molecule has 4 rings (SSSR count). The number of hydrogen-bond donors (Lipinski definition) is 0. The largest absolute Gasteiger partial charge is 0.340 e. The van der Waals surface area contributed by atoms with Crippen LogP contribution in [-0.2, 0) is 6.54 Å². The van der Waals surface area contributed by atoms with Crippen molar-refractivity contribution < 1.29 is 8.78 Å². The first-order valence-electron chi connectivity index (χ1n) is 7.92. The molecular weight excluding hydrogens is 342 g/mol. The molecule has 0 radical (unpaired) electrons. The number of hydrogen-bond acceptors (Lipinski definition) is 5. The van der Waals surface area contributed by atoms with Crippen LogP contribution in [0.15, 0.2) is 42.7 Å². The van der Waals surface area contributed by atoms with Gasteiger partial charge in [-0.05, 0) is 54.5 Å². The van der Waals surface area contributed by atoms with Crippen LogP contribution in [0.5, 0.6) is 0 Å². The van der Waals surface area contributed by atoms with Crippen molar-refractivity contribution in [2.75, 3.05) is 25.0 Å². The molecular formula is C18H16F2N4S. The second kappa shape index (κ2) is 6.50. The summed E-state index contributed by atoms with van der Waals surface area (Å²) in [7, 11) is 2.04. The van der Waals surface area contributed by atoms with Gasteiger partial charge in [0.15, 0.2) is 0 Å². The van der Waals surface area contributed by atoms with Crippen LogP contribution in [0.1, 0.15) is 5.56 Å². The lowest BCUT2D eigenvalue weighted by atomic mass is 10.1. The minimum Gasteiger partial charge on any atom is -0.340 e. The topological polar surface area (TPSA) is 32.3 Å². The molecule has 0 unspecified atom stereocenters. The maximum atomic E-state index is 13.7. The molecule has 2 heterocycles. The summed E-state index contributed by atoms with van der Waals surface area (Å²) in [6.07, 6.45) is 1.54. The van der Waals surface area contributed by atoms with Gasteiger partial charge >= 0.3 is 0 Å². The Bertz CT molecular complexity index is 878. The van der Waals surface area contributed by atoms with Crippen molar-refractivity contribution >= 4 is 22.9 Å². The standard InChI is InChI=1S/C18H16F2N4S/c1-23-4-5-24(16-8-14(19)7-15(20)9-16)17-3-2-12(6-13(17)10-23)18-21-11-22-25-18/h2-3,6-9,11H,4-5,10H2,1H3. The van der Waals surface area contributed by atoms with Crippen LogP contribution in [-0.4, -0.2) is 34.4 Å². The van der Waals surface area contributed by atoms with E-state index in [0.29, 0.717) is 12.2 Å². The normalized spacial score (nSPS) is 15.1. The van der Waals surface area contributed by atoms with Crippen LogP contribution >= 0.6 is 11.5 Å². The lowest BCUT2D eigenvalue weighted by molar-refractivity contribution is 0.343. The van der Waals surface area contributed by atoms with Gasteiger partial charge in [0.25, 0.3) is 0 Å². The zero-order valence-electron chi connectivity index (χ0n) is 13.6. The molecule has 0 bridgehead atoms. The third kappa shape index (κ3) is 3.25. The van der Waals surface area contributed by atoms with Crippen LogP contribution in [0, 0.1) is 11.6 Å². The smallest absolute Gasteiger partial charge is 0.143 e. The fraction of sp³-hybridized carbons (Fsp3) is 0.222. The Kier molecular flexibility index (Phi) is 4.19. The Morgan fingerprint density at radius 1 is 1.04 bits per heavy atom. The molecule has 4 nitrogen and oxygen atoms in total. The van der Waals surface area contributed by atoms with Crippen molar-refractivity contribution in [3.63, 3.8) is 0 Å². The van der Waals surface area contributed by atoms with Gasteiger partial charge in [-0.2, -0.15) is 4.37 Å². The highest BCUT2D eigenvalue weighted by Crippen LogP contribution is 2.35. The van der Waals surface area contributed by atoms with Crippen molar-refractivity contribution in [3.05, 3.63) is 59.9 Å². The van der Waals surface area contributed by atoms with Crippen LogP contribution in [0.4, 0.5) is 20.2 Å². The number of rotatable bonds is 2. The summed E-state index contributed by atoms with van der Waals surface area (Å²) in [6, 6.07) is 9.70. The van der Waals surface area contributed by atoms with Crippen LogP contribution in [0.2, 0.25) is 0 Å². The predicted molar refractivity (Wildman–Crippen MR) is 95.0 cm³/mol. The van der Waals surface area contributed by atoms with Crippen molar-refractivity contribution in [1.29, 1.82) is 0 Å². The Morgan fingerprint density at radius 2 is 1.84 bits per heavy atom. The molecule has 0 amide bonds. The molecule has 25 heavy (non-hydrogen) atoms. The van der Waals surface area contributed by atoms with Gasteiger partial charge in [0.05, 0.1) is 0 Å². The minimum atomic E-state index is -0.570. The minimum absolute atomic E-state index is 0.526. The van der Waals surface area contributed by atoms with Gasteiger partial charge in [0.2, 0.25) is 0 Å². The quantitative estimate of drug-likeness (QED) is 0.691. The first kappa shape index (κ1) is 16.1. The number of benzene rings is 2. The van der Waals surface area contributed by atoms with Gasteiger partial charge in [-0.25, -0.2) is 13.8 Å². The van der Waals surface area contributed by atoms with E-state index < -0.39 is 11.6 Å². The van der Waals surface area contributed by atoms with Gasteiger partial charge in [-0.15, -0.1) is 0 Å². The highest BCUT2D eigenvalue weighted by atomic mass is 32.1. The molecule has 0 saturated carbocycles. The van der Waals surface area contributed by atoms with E-state index in [9.17, 15) is 8.78 Å². The monoisotopic (exact) mass is 358 g/mol. The maximum Gasteiger partial charge on any atom is 0.143 e.